The predicted octanol–water partition coefficient (Wildman–Crippen LogP) is 5.36. The molecule has 4 nitrogen and oxygen atoms in total. The molecule has 0 bridgehead atoms. The molecule has 0 fully saturated rings. The zero-order chi connectivity index (χ0) is 20.5. The Labute approximate surface area is 169 Å². The average molecular weight is 411 g/mol. The molecule has 0 aliphatic carbocycles. The molecule has 144 valence electrons. The van der Waals surface area contributed by atoms with Gasteiger partial charge in [0.15, 0.2) is 0 Å². The molecule has 0 radical (unpaired) electrons. The van der Waals surface area contributed by atoms with Gasteiger partial charge in [0.2, 0.25) is 0 Å². The number of amides is 1. The molecule has 0 aliphatic heterocycles. The molecule has 0 saturated carbocycles. The SMILES string of the molecule is O=C(Nc1ccc(F)cc1F)C(=O)c1c(-c2ccccc2Cl)cc2ccccn12. The van der Waals surface area contributed by atoms with Crippen molar-refractivity contribution in [1.29, 1.82) is 0 Å². The van der Waals surface area contributed by atoms with Gasteiger partial charge >= 0.3 is 0 Å². The normalized spacial score (nSPS) is 10.9. The molecule has 2 heterocycles. The third-order valence-electron chi connectivity index (χ3n) is 4.44. The van der Waals surface area contributed by atoms with E-state index in [2.05, 4.69) is 5.32 Å². The van der Waals surface area contributed by atoms with Crippen molar-refractivity contribution in [2.75, 3.05) is 5.32 Å². The van der Waals surface area contributed by atoms with Crippen molar-refractivity contribution in [3.8, 4) is 11.1 Å². The van der Waals surface area contributed by atoms with Crippen LogP contribution < -0.4 is 5.32 Å². The summed E-state index contributed by atoms with van der Waals surface area (Å²) in [6.07, 6.45) is 1.65. The Morgan fingerprint density at radius 1 is 0.897 bits per heavy atom. The maximum absolute atomic E-state index is 13.9. The van der Waals surface area contributed by atoms with Gasteiger partial charge in [0.1, 0.15) is 17.3 Å². The monoisotopic (exact) mass is 410 g/mol. The Balaban J connectivity index is 1.80. The number of nitrogens with one attached hydrogen (secondary N) is 1. The second-order valence-electron chi connectivity index (χ2n) is 6.29. The van der Waals surface area contributed by atoms with Gasteiger partial charge in [-0.25, -0.2) is 8.78 Å². The number of pyridine rings is 1. The molecule has 0 saturated heterocycles. The number of ketones is 1. The Morgan fingerprint density at radius 2 is 1.66 bits per heavy atom. The Kier molecular flexibility index (Phi) is 4.86. The minimum Gasteiger partial charge on any atom is -0.317 e. The van der Waals surface area contributed by atoms with Crippen LogP contribution in [0.25, 0.3) is 16.6 Å². The molecule has 0 atom stereocenters. The highest BCUT2D eigenvalue weighted by molar-refractivity contribution is 6.47. The minimum atomic E-state index is -1.05. The van der Waals surface area contributed by atoms with E-state index in [-0.39, 0.29) is 11.4 Å². The van der Waals surface area contributed by atoms with Crippen LogP contribution in [0.1, 0.15) is 10.5 Å². The first kappa shape index (κ1) is 18.8. The first-order chi connectivity index (χ1) is 14.0. The number of hydrogen-bond donors (Lipinski definition) is 1. The topological polar surface area (TPSA) is 50.6 Å². The van der Waals surface area contributed by atoms with Gasteiger partial charge < -0.3 is 9.72 Å². The van der Waals surface area contributed by atoms with Crippen LogP contribution in [0, 0.1) is 11.6 Å². The van der Waals surface area contributed by atoms with Crippen LogP contribution in [0.2, 0.25) is 5.02 Å². The van der Waals surface area contributed by atoms with Gasteiger partial charge in [-0.3, -0.25) is 9.59 Å². The number of Topliss-reactive ketones (excluding diaryl/α,β-unsaturated/α-hetero) is 1. The average Bonchev–Trinajstić information content (AvgIpc) is 3.09. The highest BCUT2D eigenvalue weighted by Crippen LogP contribution is 2.33. The Hall–Kier alpha value is -3.51. The zero-order valence-electron chi connectivity index (χ0n) is 14.8. The van der Waals surface area contributed by atoms with Gasteiger partial charge in [-0.05, 0) is 36.4 Å². The maximum Gasteiger partial charge on any atom is 0.298 e. The summed E-state index contributed by atoms with van der Waals surface area (Å²) >= 11 is 6.30. The van der Waals surface area contributed by atoms with Crippen molar-refractivity contribution in [3.63, 3.8) is 0 Å². The summed E-state index contributed by atoms with van der Waals surface area (Å²) in [6.45, 7) is 0. The Bertz CT molecular complexity index is 1270. The first-order valence-electron chi connectivity index (χ1n) is 8.61. The lowest BCUT2D eigenvalue weighted by Gasteiger charge is -2.09. The summed E-state index contributed by atoms with van der Waals surface area (Å²) in [6, 6.07) is 16.7. The fourth-order valence-electron chi connectivity index (χ4n) is 3.12. The number of halogens is 3. The quantitative estimate of drug-likeness (QED) is 0.364. The zero-order valence-corrected chi connectivity index (χ0v) is 15.6. The third kappa shape index (κ3) is 3.50. The van der Waals surface area contributed by atoms with E-state index in [4.69, 9.17) is 11.6 Å². The number of nitrogens with zero attached hydrogens (tertiary/aromatic N) is 1. The molecule has 0 spiro atoms. The van der Waals surface area contributed by atoms with Gasteiger partial charge in [-0.2, -0.15) is 0 Å². The second-order valence-corrected chi connectivity index (χ2v) is 6.70. The van der Waals surface area contributed by atoms with Crippen LogP contribution in [0.15, 0.2) is 72.9 Å². The molecule has 1 amide bonds. The van der Waals surface area contributed by atoms with E-state index < -0.39 is 23.3 Å². The summed E-state index contributed by atoms with van der Waals surface area (Å²) in [5, 5.41) is 2.63. The van der Waals surface area contributed by atoms with Gasteiger partial charge in [-0.1, -0.05) is 35.9 Å². The van der Waals surface area contributed by atoms with E-state index in [0.717, 1.165) is 12.1 Å². The molecule has 7 heteroatoms. The molecule has 2 aromatic heterocycles. The Morgan fingerprint density at radius 3 is 2.41 bits per heavy atom. The highest BCUT2D eigenvalue weighted by Gasteiger charge is 2.26. The molecule has 4 aromatic rings. The van der Waals surface area contributed by atoms with E-state index in [1.807, 2.05) is 0 Å². The smallest absolute Gasteiger partial charge is 0.298 e. The number of carbonyl (C=O) groups excluding carboxylic acids is 2. The van der Waals surface area contributed by atoms with Crippen LogP contribution in [0.3, 0.4) is 0 Å². The molecular formula is C22H13ClF2N2O2. The van der Waals surface area contributed by atoms with Crippen molar-refractivity contribution in [3.05, 3.63) is 95.3 Å². The van der Waals surface area contributed by atoms with Crippen molar-refractivity contribution in [1.82, 2.24) is 4.40 Å². The van der Waals surface area contributed by atoms with Gasteiger partial charge in [0.05, 0.1) is 5.69 Å². The van der Waals surface area contributed by atoms with E-state index >= 15 is 0 Å². The standard InChI is InChI=1S/C22H13ClF2N2O2/c23-17-7-2-1-6-15(17)16-12-14-5-3-4-10-27(14)20(16)21(28)22(29)26-19-9-8-13(24)11-18(19)25/h1-12H,(H,26,29). The fraction of sp³-hybridized carbons (Fsp3) is 0. The highest BCUT2D eigenvalue weighted by atomic mass is 35.5. The largest absolute Gasteiger partial charge is 0.317 e. The van der Waals surface area contributed by atoms with Crippen molar-refractivity contribution in [2.45, 2.75) is 0 Å². The van der Waals surface area contributed by atoms with Crippen LogP contribution in [0.5, 0.6) is 0 Å². The summed E-state index contributed by atoms with van der Waals surface area (Å²) in [5.41, 5.74) is 1.55. The van der Waals surface area contributed by atoms with Gasteiger partial charge in [0, 0.05) is 33.9 Å². The molecule has 4 rings (SSSR count). The fourth-order valence-corrected chi connectivity index (χ4v) is 3.36. The van der Waals surface area contributed by atoms with E-state index in [1.54, 1.807) is 59.1 Å². The minimum absolute atomic E-state index is 0.0914. The molecule has 1 N–H and O–H groups in total. The van der Waals surface area contributed by atoms with Crippen molar-refractivity contribution in [2.24, 2.45) is 0 Å². The third-order valence-corrected chi connectivity index (χ3v) is 4.77. The predicted molar refractivity (Wildman–Crippen MR) is 107 cm³/mol. The summed E-state index contributed by atoms with van der Waals surface area (Å²) in [7, 11) is 0. The number of aromatic nitrogens is 1. The molecule has 2 aromatic carbocycles. The van der Waals surface area contributed by atoms with E-state index in [9.17, 15) is 18.4 Å². The lowest BCUT2D eigenvalue weighted by molar-refractivity contribution is -0.112. The van der Waals surface area contributed by atoms with Gasteiger partial charge in [-0.15, -0.1) is 0 Å². The second kappa shape index (κ2) is 7.48. The molecular weight excluding hydrogens is 398 g/mol. The van der Waals surface area contributed by atoms with Gasteiger partial charge in [0.25, 0.3) is 11.7 Å². The van der Waals surface area contributed by atoms with Crippen molar-refractivity contribution >= 4 is 34.5 Å². The number of anilines is 1. The van der Waals surface area contributed by atoms with Crippen LogP contribution in [-0.2, 0) is 4.79 Å². The lowest BCUT2D eigenvalue weighted by Crippen LogP contribution is -2.25. The van der Waals surface area contributed by atoms with Crippen molar-refractivity contribution < 1.29 is 18.4 Å². The summed E-state index contributed by atoms with van der Waals surface area (Å²) < 4.78 is 28.5. The molecule has 0 aliphatic rings. The number of rotatable bonds is 4. The van der Waals surface area contributed by atoms with Crippen LogP contribution in [-0.4, -0.2) is 16.1 Å². The number of carbonyl (C=O) groups is 2. The molecule has 29 heavy (non-hydrogen) atoms. The first-order valence-corrected chi connectivity index (χ1v) is 8.99. The summed E-state index contributed by atoms with van der Waals surface area (Å²) in [5.74, 6) is -3.69. The number of hydrogen-bond acceptors (Lipinski definition) is 2. The summed E-state index contributed by atoms with van der Waals surface area (Å²) in [4.78, 5) is 25.6. The van der Waals surface area contributed by atoms with Crippen LogP contribution >= 0.6 is 11.6 Å². The number of fused-ring (bicyclic) bond motifs is 1. The van der Waals surface area contributed by atoms with E-state index in [1.165, 1.54) is 0 Å². The van der Waals surface area contributed by atoms with E-state index in [0.29, 0.717) is 27.7 Å². The number of benzene rings is 2. The maximum atomic E-state index is 13.9. The molecule has 0 unspecified atom stereocenters. The lowest BCUT2D eigenvalue weighted by atomic mass is 10.0. The van der Waals surface area contributed by atoms with Crippen LogP contribution in [0.4, 0.5) is 14.5 Å².